The number of aromatic nitrogens is 3. The van der Waals surface area contributed by atoms with Crippen LogP contribution in [0.4, 0.5) is 5.13 Å². The number of amides is 1. The normalized spacial score (nSPS) is 14.5. The molecule has 1 amide bonds. The first-order valence-electron chi connectivity index (χ1n) is 6.93. The van der Waals surface area contributed by atoms with E-state index in [1.165, 1.54) is 24.2 Å². The number of nitrogens with zero attached hydrogens (tertiary/aromatic N) is 2. The number of hydrogen-bond acceptors (Lipinski definition) is 4. The highest BCUT2D eigenvalue weighted by Crippen LogP contribution is 2.42. The van der Waals surface area contributed by atoms with Gasteiger partial charge in [-0.2, -0.15) is 0 Å². The van der Waals surface area contributed by atoms with Crippen molar-refractivity contribution in [3.05, 3.63) is 40.5 Å². The Morgan fingerprint density at radius 1 is 1.33 bits per heavy atom. The third kappa shape index (κ3) is 2.42. The molecule has 21 heavy (non-hydrogen) atoms. The average molecular weight is 298 g/mol. The van der Waals surface area contributed by atoms with Crippen molar-refractivity contribution in [2.24, 2.45) is 0 Å². The van der Waals surface area contributed by atoms with Gasteiger partial charge in [-0.3, -0.25) is 10.1 Å². The lowest BCUT2D eigenvalue weighted by atomic mass is 10.2. The van der Waals surface area contributed by atoms with Crippen LogP contribution in [0.5, 0.6) is 0 Å². The predicted octanol–water partition coefficient (Wildman–Crippen LogP) is 3.46. The van der Waals surface area contributed by atoms with Crippen molar-refractivity contribution in [2.45, 2.75) is 25.7 Å². The zero-order chi connectivity index (χ0) is 14.4. The lowest BCUT2D eigenvalue weighted by molar-refractivity contribution is 0.102. The Labute approximate surface area is 125 Å². The monoisotopic (exact) mass is 298 g/mol. The summed E-state index contributed by atoms with van der Waals surface area (Å²) in [7, 11) is 0. The largest absolute Gasteiger partial charge is 0.351 e. The third-order valence-corrected chi connectivity index (χ3v) is 4.61. The Hall–Kier alpha value is -2.21. The number of benzene rings is 1. The van der Waals surface area contributed by atoms with Gasteiger partial charge >= 0.3 is 0 Å². The summed E-state index contributed by atoms with van der Waals surface area (Å²) in [5.74, 6) is 0.381. The van der Waals surface area contributed by atoms with Crippen LogP contribution in [0.15, 0.2) is 24.3 Å². The number of carbonyl (C=O) groups is 1. The van der Waals surface area contributed by atoms with Crippen LogP contribution < -0.4 is 5.32 Å². The number of carbonyl (C=O) groups excluding carboxylic acids is 1. The molecule has 0 radical (unpaired) electrons. The van der Waals surface area contributed by atoms with Gasteiger partial charge in [0.2, 0.25) is 5.13 Å². The summed E-state index contributed by atoms with van der Waals surface area (Å²) in [6.45, 7) is 2.03. The van der Waals surface area contributed by atoms with Crippen LogP contribution >= 0.6 is 11.3 Å². The highest BCUT2D eigenvalue weighted by atomic mass is 32.1. The van der Waals surface area contributed by atoms with Crippen molar-refractivity contribution < 1.29 is 4.79 Å². The zero-order valence-corrected chi connectivity index (χ0v) is 12.3. The molecular weight excluding hydrogens is 284 g/mol. The fraction of sp³-hybridized carbons (Fsp3) is 0.267. The lowest BCUT2D eigenvalue weighted by Gasteiger charge is -1.97. The fourth-order valence-electron chi connectivity index (χ4n) is 2.31. The van der Waals surface area contributed by atoms with Crippen LogP contribution in [0.2, 0.25) is 0 Å². The van der Waals surface area contributed by atoms with Crippen molar-refractivity contribution >= 4 is 33.3 Å². The number of fused-ring (bicyclic) bond motifs is 1. The molecule has 2 aromatic heterocycles. The molecule has 0 saturated heterocycles. The van der Waals surface area contributed by atoms with Crippen molar-refractivity contribution in [3.8, 4) is 0 Å². The highest BCUT2D eigenvalue weighted by molar-refractivity contribution is 7.15. The molecule has 0 unspecified atom stereocenters. The molecule has 0 bridgehead atoms. The van der Waals surface area contributed by atoms with Gasteiger partial charge in [-0.25, -0.2) is 0 Å². The maximum absolute atomic E-state index is 12.3. The number of H-pyrrole nitrogens is 1. The molecule has 1 saturated carbocycles. The van der Waals surface area contributed by atoms with Crippen LogP contribution in [-0.2, 0) is 0 Å². The molecule has 2 N–H and O–H groups in total. The number of hydrogen-bond donors (Lipinski definition) is 2. The lowest BCUT2D eigenvalue weighted by Crippen LogP contribution is -2.11. The molecule has 1 aliphatic carbocycles. The SMILES string of the molecule is Cc1ccc2cc(C(=O)Nc3nnc(C4CC4)s3)[nH]c2c1. The summed E-state index contributed by atoms with van der Waals surface area (Å²) < 4.78 is 0. The number of rotatable bonds is 3. The average Bonchev–Trinajstić information content (AvgIpc) is 3.06. The minimum Gasteiger partial charge on any atom is -0.351 e. The van der Waals surface area contributed by atoms with Gasteiger partial charge < -0.3 is 4.98 Å². The van der Waals surface area contributed by atoms with Gasteiger partial charge in [0.1, 0.15) is 10.7 Å². The Morgan fingerprint density at radius 2 is 2.19 bits per heavy atom. The van der Waals surface area contributed by atoms with Gasteiger partial charge in [-0.15, -0.1) is 10.2 Å². The second-order valence-electron chi connectivity index (χ2n) is 5.45. The summed E-state index contributed by atoms with van der Waals surface area (Å²) in [6.07, 6.45) is 2.37. The van der Waals surface area contributed by atoms with E-state index < -0.39 is 0 Å². The summed E-state index contributed by atoms with van der Waals surface area (Å²) >= 11 is 1.47. The first kappa shape index (κ1) is 12.5. The van der Waals surface area contributed by atoms with Crippen molar-refractivity contribution in [1.29, 1.82) is 0 Å². The minimum absolute atomic E-state index is 0.178. The maximum Gasteiger partial charge on any atom is 0.273 e. The molecule has 4 rings (SSSR count). The maximum atomic E-state index is 12.3. The van der Waals surface area contributed by atoms with E-state index in [1.807, 2.05) is 31.2 Å². The van der Waals surface area contributed by atoms with Crippen molar-refractivity contribution in [3.63, 3.8) is 0 Å². The Kier molecular flexibility index (Phi) is 2.78. The van der Waals surface area contributed by atoms with E-state index in [1.54, 1.807) is 0 Å². The van der Waals surface area contributed by atoms with E-state index in [4.69, 9.17) is 0 Å². The molecule has 0 aliphatic heterocycles. The Bertz CT molecular complexity index is 831. The summed E-state index contributed by atoms with van der Waals surface area (Å²) in [6, 6.07) is 7.92. The molecule has 3 aromatic rings. The second kappa shape index (κ2) is 4.66. The molecule has 2 heterocycles. The molecule has 1 fully saturated rings. The number of aromatic amines is 1. The zero-order valence-electron chi connectivity index (χ0n) is 11.5. The van der Waals surface area contributed by atoms with Gasteiger partial charge in [-0.1, -0.05) is 23.5 Å². The third-order valence-electron chi connectivity index (χ3n) is 3.61. The number of anilines is 1. The van der Waals surface area contributed by atoms with E-state index in [2.05, 4.69) is 20.5 Å². The molecule has 5 nitrogen and oxygen atoms in total. The quantitative estimate of drug-likeness (QED) is 0.778. The first-order chi connectivity index (χ1) is 10.2. The molecule has 1 aliphatic rings. The van der Waals surface area contributed by atoms with Gasteiger partial charge in [0, 0.05) is 16.8 Å². The van der Waals surface area contributed by atoms with Gasteiger partial charge in [0.25, 0.3) is 5.91 Å². The van der Waals surface area contributed by atoms with E-state index >= 15 is 0 Å². The van der Waals surface area contributed by atoms with Crippen LogP contribution in [0, 0.1) is 6.92 Å². The van der Waals surface area contributed by atoms with Crippen LogP contribution in [-0.4, -0.2) is 21.1 Å². The Morgan fingerprint density at radius 3 is 3.00 bits per heavy atom. The van der Waals surface area contributed by atoms with Gasteiger partial charge in [0.15, 0.2) is 0 Å². The van der Waals surface area contributed by atoms with E-state index in [0.29, 0.717) is 16.7 Å². The molecule has 106 valence electrons. The minimum atomic E-state index is -0.178. The molecular formula is C15H14N4OS. The van der Waals surface area contributed by atoms with E-state index in [0.717, 1.165) is 21.5 Å². The molecule has 0 spiro atoms. The van der Waals surface area contributed by atoms with Crippen LogP contribution in [0.3, 0.4) is 0 Å². The standard InChI is InChI=1S/C15H14N4OS/c1-8-2-3-10-7-12(16-11(10)6-8)13(20)17-15-19-18-14(21-15)9-4-5-9/h2-3,6-7,9,16H,4-5H2,1H3,(H,17,19,20). The summed E-state index contributed by atoms with van der Waals surface area (Å²) in [5.41, 5.74) is 2.67. The fourth-order valence-corrected chi connectivity index (χ4v) is 3.22. The number of aryl methyl sites for hydroxylation is 1. The second-order valence-corrected chi connectivity index (χ2v) is 6.46. The van der Waals surface area contributed by atoms with Gasteiger partial charge in [-0.05, 0) is 37.5 Å². The summed E-state index contributed by atoms with van der Waals surface area (Å²) in [4.78, 5) is 15.4. The smallest absolute Gasteiger partial charge is 0.273 e. The first-order valence-corrected chi connectivity index (χ1v) is 7.75. The van der Waals surface area contributed by atoms with Gasteiger partial charge in [0.05, 0.1) is 0 Å². The van der Waals surface area contributed by atoms with Crippen molar-refractivity contribution in [1.82, 2.24) is 15.2 Å². The molecule has 1 aromatic carbocycles. The van der Waals surface area contributed by atoms with Crippen LogP contribution in [0.1, 0.15) is 39.8 Å². The predicted molar refractivity (Wildman–Crippen MR) is 82.9 cm³/mol. The van der Waals surface area contributed by atoms with E-state index in [-0.39, 0.29) is 5.91 Å². The number of nitrogens with one attached hydrogen (secondary N) is 2. The van der Waals surface area contributed by atoms with Crippen molar-refractivity contribution in [2.75, 3.05) is 5.32 Å². The molecule has 6 heteroatoms. The highest BCUT2D eigenvalue weighted by Gasteiger charge is 2.27. The topological polar surface area (TPSA) is 70.7 Å². The Balaban J connectivity index is 1.57. The van der Waals surface area contributed by atoms with Crippen LogP contribution in [0.25, 0.3) is 10.9 Å². The summed E-state index contributed by atoms with van der Waals surface area (Å²) in [5, 5.41) is 13.6. The molecule has 0 atom stereocenters. The van der Waals surface area contributed by atoms with E-state index in [9.17, 15) is 4.79 Å².